The second-order valence-electron chi connectivity index (χ2n) is 4.63. The lowest BCUT2D eigenvalue weighted by molar-refractivity contribution is -0.384. The lowest BCUT2D eigenvalue weighted by Gasteiger charge is -2.34. The first-order valence-electron chi connectivity index (χ1n) is 6.48. The third-order valence-corrected chi connectivity index (χ3v) is 3.70. The molecule has 1 aromatic rings. The number of nitrogens with one attached hydrogen (secondary N) is 1. The van der Waals surface area contributed by atoms with E-state index in [-0.39, 0.29) is 22.2 Å². The summed E-state index contributed by atoms with van der Waals surface area (Å²) in [7, 11) is 0. The number of carbonyl (C=O) groups excluding carboxylic acids is 2. The Hall–Kier alpha value is -2.15. The monoisotopic (exact) mass is 311 g/mol. The molecule has 1 aliphatic rings. The minimum atomic E-state index is -0.590. The molecule has 0 aliphatic carbocycles. The molecule has 1 aliphatic heterocycles. The summed E-state index contributed by atoms with van der Waals surface area (Å²) in [5.41, 5.74) is -0.170. The first-order chi connectivity index (χ1) is 9.95. The van der Waals surface area contributed by atoms with Crippen LogP contribution >= 0.6 is 11.6 Å². The minimum Gasteiger partial charge on any atom is -0.353 e. The highest BCUT2D eigenvalue weighted by atomic mass is 35.5. The zero-order valence-corrected chi connectivity index (χ0v) is 12.1. The third-order valence-electron chi connectivity index (χ3n) is 3.37. The van der Waals surface area contributed by atoms with Gasteiger partial charge in [-0.2, -0.15) is 0 Å². The summed E-state index contributed by atoms with van der Waals surface area (Å²) >= 11 is 5.97. The Labute approximate surface area is 126 Å². The molecule has 8 heteroatoms. The Kier molecular flexibility index (Phi) is 4.42. The fraction of sp³-hybridized carbons (Fsp3) is 0.385. The summed E-state index contributed by atoms with van der Waals surface area (Å²) in [6.45, 7) is 2.50. The van der Waals surface area contributed by atoms with Gasteiger partial charge in [0, 0.05) is 25.2 Å². The molecule has 0 spiro atoms. The standard InChI is InChI=1S/C13H14ClN3O4/c1-2-11-12(18)15-5-6-16(11)13(19)9-7-8(17(20)21)3-4-10(9)14/h3-4,7,11H,2,5-6H2,1H3,(H,15,18). The van der Waals surface area contributed by atoms with Crippen LogP contribution in [0.4, 0.5) is 5.69 Å². The van der Waals surface area contributed by atoms with E-state index in [1.54, 1.807) is 6.92 Å². The Morgan fingerprint density at radius 2 is 2.29 bits per heavy atom. The summed E-state index contributed by atoms with van der Waals surface area (Å²) < 4.78 is 0. The summed E-state index contributed by atoms with van der Waals surface area (Å²) in [5, 5.41) is 13.6. The van der Waals surface area contributed by atoms with Crippen LogP contribution in [0.5, 0.6) is 0 Å². The van der Waals surface area contributed by atoms with Crippen molar-refractivity contribution in [3.05, 3.63) is 38.9 Å². The van der Waals surface area contributed by atoms with Crippen LogP contribution in [0.15, 0.2) is 18.2 Å². The number of rotatable bonds is 3. The van der Waals surface area contributed by atoms with Crippen LogP contribution < -0.4 is 5.32 Å². The van der Waals surface area contributed by atoms with E-state index in [4.69, 9.17) is 11.6 Å². The number of carbonyl (C=O) groups is 2. The van der Waals surface area contributed by atoms with Crippen molar-refractivity contribution in [2.45, 2.75) is 19.4 Å². The predicted octanol–water partition coefficient (Wildman–Crippen LogP) is 1.60. The van der Waals surface area contributed by atoms with Gasteiger partial charge in [0.2, 0.25) is 5.91 Å². The molecule has 7 nitrogen and oxygen atoms in total. The van der Waals surface area contributed by atoms with E-state index in [0.717, 1.165) is 6.07 Å². The predicted molar refractivity (Wildman–Crippen MR) is 76.2 cm³/mol. The van der Waals surface area contributed by atoms with Gasteiger partial charge in [-0.25, -0.2) is 0 Å². The number of halogens is 1. The molecule has 1 saturated heterocycles. The van der Waals surface area contributed by atoms with Crippen molar-refractivity contribution in [1.29, 1.82) is 0 Å². The van der Waals surface area contributed by atoms with Crippen LogP contribution in [0, 0.1) is 10.1 Å². The van der Waals surface area contributed by atoms with Gasteiger partial charge < -0.3 is 10.2 Å². The smallest absolute Gasteiger partial charge is 0.270 e. The summed E-state index contributed by atoms with van der Waals surface area (Å²) in [6, 6.07) is 3.11. The van der Waals surface area contributed by atoms with Crippen LogP contribution in [-0.4, -0.2) is 40.8 Å². The van der Waals surface area contributed by atoms with Gasteiger partial charge in [-0.1, -0.05) is 18.5 Å². The SMILES string of the molecule is CCC1C(=O)NCCN1C(=O)c1cc([N+](=O)[O-])ccc1Cl. The topological polar surface area (TPSA) is 92.6 Å². The molecule has 1 atom stereocenters. The van der Waals surface area contributed by atoms with Crippen molar-refractivity contribution < 1.29 is 14.5 Å². The van der Waals surface area contributed by atoms with Crippen LogP contribution in [0.3, 0.4) is 0 Å². The molecular weight excluding hydrogens is 298 g/mol. The molecule has 1 fully saturated rings. The van der Waals surface area contributed by atoms with Gasteiger partial charge in [-0.15, -0.1) is 0 Å². The largest absolute Gasteiger partial charge is 0.353 e. The highest BCUT2D eigenvalue weighted by molar-refractivity contribution is 6.34. The molecule has 0 saturated carbocycles. The van der Waals surface area contributed by atoms with Gasteiger partial charge in [0.15, 0.2) is 0 Å². The fourth-order valence-corrected chi connectivity index (χ4v) is 2.51. The number of piperazine rings is 1. The summed E-state index contributed by atoms with van der Waals surface area (Å²) in [6.07, 6.45) is 0.462. The first kappa shape index (κ1) is 15.2. The second-order valence-corrected chi connectivity index (χ2v) is 5.04. The molecule has 1 unspecified atom stereocenters. The summed E-state index contributed by atoms with van der Waals surface area (Å²) in [4.78, 5) is 36.0. The maximum atomic E-state index is 12.5. The number of non-ortho nitro benzene ring substituents is 1. The van der Waals surface area contributed by atoms with Gasteiger partial charge in [-0.05, 0) is 12.5 Å². The van der Waals surface area contributed by atoms with E-state index in [0.29, 0.717) is 19.5 Å². The Bertz CT molecular complexity index is 605. The third kappa shape index (κ3) is 2.97. The molecule has 21 heavy (non-hydrogen) atoms. The highest BCUT2D eigenvalue weighted by Crippen LogP contribution is 2.25. The van der Waals surface area contributed by atoms with Crippen molar-refractivity contribution in [2.75, 3.05) is 13.1 Å². The lowest BCUT2D eigenvalue weighted by atomic mass is 10.1. The molecule has 2 amide bonds. The Balaban J connectivity index is 2.36. The normalized spacial score (nSPS) is 18.3. The molecule has 2 rings (SSSR count). The molecule has 112 valence electrons. The number of hydrogen-bond acceptors (Lipinski definition) is 4. The van der Waals surface area contributed by atoms with E-state index >= 15 is 0 Å². The van der Waals surface area contributed by atoms with E-state index in [9.17, 15) is 19.7 Å². The average Bonchev–Trinajstić information content (AvgIpc) is 2.46. The second kappa shape index (κ2) is 6.09. The molecule has 1 N–H and O–H groups in total. The van der Waals surface area contributed by atoms with Crippen molar-refractivity contribution >= 4 is 29.1 Å². The number of nitro groups is 1. The van der Waals surface area contributed by atoms with Crippen LogP contribution in [-0.2, 0) is 4.79 Å². The lowest BCUT2D eigenvalue weighted by Crippen LogP contribution is -2.56. The highest BCUT2D eigenvalue weighted by Gasteiger charge is 2.33. The number of nitrogens with zero attached hydrogens (tertiary/aromatic N) is 2. The maximum absolute atomic E-state index is 12.5. The van der Waals surface area contributed by atoms with Crippen LogP contribution in [0.2, 0.25) is 5.02 Å². The van der Waals surface area contributed by atoms with Crippen molar-refractivity contribution in [1.82, 2.24) is 10.2 Å². The van der Waals surface area contributed by atoms with E-state index in [2.05, 4.69) is 5.32 Å². The van der Waals surface area contributed by atoms with E-state index < -0.39 is 16.9 Å². The zero-order valence-electron chi connectivity index (χ0n) is 11.3. The van der Waals surface area contributed by atoms with E-state index in [1.165, 1.54) is 17.0 Å². The van der Waals surface area contributed by atoms with Gasteiger partial charge in [0.05, 0.1) is 15.5 Å². The van der Waals surface area contributed by atoms with Crippen molar-refractivity contribution in [2.24, 2.45) is 0 Å². The van der Waals surface area contributed by atoms with Gasteiger partial charge >= 0.3 is 0 Å². The van der Waals surface area contributed by atoms with Crippen molar-refractivity contribution in [3.8, 4) is 0 Å². The van der Waals surface area contributed by atoms with Gasteiger partial charge in [0.25, 0.3) is 11.6 Å². The first-order valence-corrected chi connectivity index (χ1v) is 6.86. The van der Waals surface area contributed by atoms with Crippen LogP contribution in [0.1, 0.15) is 23.7 Å². The van der Waals surface area contributed by atoms with Gasteiger partial charge in [-0.3, -0.25) is 19.7 Å². The quantitative estimate of drug-likeness (QED) is 0.678. The molecule has 0 aromatic heterocycles. The number of benzene rings is 1. The van der Waals surface area contributed by atoms with Crippen LogP contribution in [0.25, 0.3) is 0 Å². The Morgan fingerprint density at radius 3 is 2.90 bits per heavy atom. The molecular formula is C13H14ClN3O4. The zero-order chi connectivity index (χ0) is 15.6. The molecule has 0 radical (unpaired) electrons. The maximum Gasteiger partial charge on any atom is 0.270 e. The molecule has 1 aromatic carbocycles. The molecule has 1 heterocycles. The minimum absolute atomic E-state index is 0.0408. The Morgan fingerprint density at radius 1 is 1.57 bits per heavy atom. The fourth-order valence-electron chi connectivity index (χ4n) is 2.31. The van der Waals surface area contributed by atoms with Gasteiger partial charge in [0.1, 0.15) is 6.04 Å². The van der Waals surface area contributed by atoms with E-state index in [1.807, 2.05) is 0 Å². The molecule has 0 bridgehead atoms. The number of nitro benzene ring substituents is 1. The number of hydrogen-bond donors (Lipinski definition) is 1. The average molecular weight is 312 g/mol. The van der Waals surface area contributed by atoms with Crippen molar-refractivity contribution in [3.63, 3.8) is 0 Å². The number of amides is 2. The summed E-state index contributed by atoms with van der Waals surface area (Å²) in [5.74, 6) is -0.691.